The predicted octanol–water partition coefficient (Wildman–Crippen LogP) is 12.1. The summed E-state index contributed by atoms with van der Waals surface area (Å²) in [6.07, 6.45) is 14.7. The summed E-state index contributed by atoms with van der Waals surface area (Å²) >= 11 is 0. The van der Waals surface area contributed by atoms with Gasteiger partial charge >= 0.3 is 0 Å². The van der Waals surface area contributed by atoms with Crippen molar-refractivity contribution in [1.82, 2.24) is 0 Å². The fourth-order valence-electron chi connectivity index (χ4n) is 3.66. The van der Waals surface area contributed by atoms with Crippen molar-refractivity contribution < 1.29 is 4.74 Å². The average molecular weight is 485 g/mol. The number of rotatable bonds is 9. The van der Waals surface area contributed by atoms with E-state index in [0.717, 1.165) is 23.0 Å². The zero-order chi connectivity index (χ0) is 27.4. The summed E-state index contributed by atoms with van der Waals surface area (Å²) in [7, 11) is 0. The number of ether oxygens (including phenoxy) is 1. The summed E-state index contributed by atoms with van der Waals surface area (Å²) in [5.74, 6) is 2.56. The van der Waals surface area contributed by atoms with E-state index in [2.05, 4.69) is 79.8 Å². The van der Waals surface area contributed by atoms with Crippen molar-refractivity contribution in [3.05, 3.63) is 59.9 Å². The van der Waals surface area contributed by atoms with E-state index in [1.54, 1.807) is 6.08 Å². The first-order valence-corrected chi connectivity index (χ1v) is 14.2. The summed E-state index contributed by atoms with van der Waals surface area (Å²) < 4.78 is 5.64. The Kier molecular flexibility index (Phi) is 20.7. The van der Waals surface area contributed by atoms with Gasteiger partial charge < -0.3 is 4.74 Å². The highest BCUT2D eigenvalue weighted by molar-refractivity contribution is 5.76. The number of aryl methyl sites for hydroxylation is 1. The number of benzene rings is 1. The Balaban J connectivity index is 0. The van der Waals surface area contributed by atoms with Gasteiger partial charge in [-0.1, -0.05) is 131 Å². The van der Waals surface area contributed by atoms with Crippen LogP contribution in [0.3, 0.4) is 0 Å². The molecule has 1 nitrogen and oxygen atoms in total. The van der Waals surface area contributed by atoms with Crippen molar-refractivity contribution in [3.8, 4) is 5.75 Å². The van der Waals surface area contributed by atoms with Crippen molar-refractivity contribution in [2.24, 2.45) is 11.3 Å². The van der Waals surface area contributed by atoms with Crippen LogP contribution in [0.4, 0.5) is 0 Å². The summed E-state index contributed by atoms with van der Waals surface area (Å²) in [6, 6.07) is 6.26. The van der Waals surface area contributed by atoms with Crippen LogP contribution in [0.5, 0.6) is 5.75 Å². The monoisotopic (exact) mass is 484 g/mol. The summed E-state index contributed by atoms with van der Waals surface area (Å²) in [4.78, 5) is 0. The van der Waals surface area contributed by atoms with E-state index in [4.69, 9.17) is 4.74 Å². The van der Waals surface area contributed by atoms with Gasteiger partial charge in [-0.05, 0) is 61.8 Å². The van der Waals surface area contributed by atoms with Gasteiger partial charge in [0.05, 0.1) is 0 Å². The third-order valence-electron chi connectivity index (χ3n) is 6.72. The Morgan fingerprint density at radius 1 is 0.886 bits per heavy atom. The first-order chi connectivity index (χ1) is 16.5. The van der Waals surface area contributed by atoms with Crippen molar-refractivity contribution in [2.45, 2.75) is 134 Å². The Hall–Kier alpha value is -1.76. The molecule has 2 rings (SSSR count). The maximum absolute atomic E-state index is 5.64. The number of unbranched alkanes of at least 4 members (excludes halogenated alkanes) is 7. The molecule has 1 atom stereocenters. The average Bonchev–Trinajstić information content (AvgIpc) is 2.80. The van der Waals surface area contributed by atoms with Gasteiger partial charge in [-0.2, -0.15) is 0 Å². The van der Waals surface area contributed by atoms with Gasteiger partial charge in [0.15, 0.2) is 0 Å². The van der Waals surface area contributed by atoms with Crippen molar-refractivity contribution in [2.75, 3.05) is 0 Å². The normalized spacial score (nSPS) is 13.1. The van der Waals surface area contributed by atoms with Crippen LogP contribution in [-0.2, 0) is 0 Å². The molecular formula is C34H60O. The molecule has 0 saturated heterocycles. The number of fused-ring (bicyclic) bond motifs is 1. The highest BCUT2D eigenvalue weighted by atomic mass is 16.5. The molecule has 0 aromatic heterocycles. The third-order valence-corrected chi connectivity index (χ3v) is 6.72. The van der Waals surface area contributed by atoms with Crippen LogP contribution in [0.15, 0.2) is 48.8 Å². The molecule has 0 fully saturated rings. The molecule has 1 heteroatoms. The first kappa shape index (κ1) is 35.4. The SMILES string of the molecule is C=C1Oc2cc(C)ccc2C(C)=C1C.C=CC.CC.CCCCCCCCCCC(C)C(C)(C)C. The molecule has 0 amide bonds. The van der Waals surface area contributed by atoms with Crippen molar-refractivity contribution >= 4 is 5.57 Å². The highest BCUT2D eigenvalue weighted by Gasteiger charge is 2.19. The van der Waals surface area contributed by atoms with Crippen LogP contribution in [0.2, 0.25) is 0 Å². The Labute approximate surface area is 221 Å². The number of allylic oxidation sites excluding steroid dienone is 3. The summed E-state index contributed by atoms with van der Waals surface area (Å²) in [6.45, 7) is 31.1. The maximum Gasteiger partial charge on any atom is 0.135 e. The fourth-order valence-corrected chi connectivity index (χ4v) is 3.66. The zero-order valence-corrected chi connectivity index (χ0v) is 25.6. The molecule has 1 aromatic carbocycles. The molecule has 1 heterocycles. The zero-order valence-electron chi connectivity index (χ0n) is 25.6. The molecule has 0 N–H and O–H groups in total. The molecule has 0 saturated carbocycles. The molecule has 35 heavy (non-hydrogen) atoms. The molecule has 1 aromatic rings. The Morgan fingerprint density at radius 3 is 1.86 bits per heavy atom. The second-order valence-electron chi connectivity index (χ2n) is 10.7. The van der Waals surface area contributed by atoms with Crippen molar-refractivity contribution in [3.63, 3.8) is 0 Å². The van der Waals surface area contributed by atoms with E-state index < -0.39 is 0 Å². The lowest BCUT2D eigenvalue weighted by molar-refractivity contribution is 0.240. The number of hydrogen-bond acceptors (Lipinski definition) is 1. The van der Waals surface area contributed by atoms with E-state index in [1.807, 2.05) is 27.7 Å². The topological polar surface area (TPSA) is 9.23 Å². The Morgan fingerprint density at radius 2 is 1.37 bits per heavy atom. The van der Waals surface area contributed by atoms with E-state index in [9.17, 15) is 0 Å². The molecule has 1 unspecified atom stereocenters. The molecule has 0 spiro atoms. The predicted molar refractivity (Wildman–Crippen MR) is 162 cm³/mol. The van der Waals surface area contributed by atoms with Crippen LogP contribution in [-0.4, -0.2) is 0 Å². The largest absolute Gasteiger partial charge is 0.457 e. The van der Waals surface area contributed by atoms with E-state index in [1.165, 1.54) is 74.5 Å². The van der Waals surface area contributed by atoms with Gasteiger partial charge in [0.2, 0.25) is 0 Å². The first-order valence-electron chi connectivity index (χ1n) is 14.2. The smallest absolute Gasteiger partial charge is 0.135 e. The van der Waals surface area contributed by atoms with Gasteiger partial charge in [0.25, 0.3) is 0 Å². The van der Waals surface area contributed by atoms with Crippen LogP contribution in [0, 0.1) is 18.3 Å². The molecule has 202 valence electrons. The van der Waals surface area contributed by atoms with Crippen molar-refractivity contribution in [1.29, 1.82) is 0 Å². The summed E-state index contributed by atoms with van der Waals surface area (Å²) in [5, 5.41) is 0. The van der Waals surface area contributed by atoms with Crippen LogP contribution >= 0.6 is 0 Å². The van der Waals surface area contributed by atoms with E-state index in [0.29, 0.717) is 5.41 Å². The van der Waals surface area contributed by atoms with Gasteiger partial charge in [-0.25, -0.2) is 0 Å². The lowest BCUT2D eigenvalue weighted by Gasteiger charge is -2.27. The minimum Gasteiger partial charge on any atom is -0.457 e. The molecule has 0 bridgehead atoms. The number of hydrogen-bond donors (Lipinski definition) is 0. The van der Waals surface area contributed by atoms with Crippen LogP contribution < -0.4 is 4.74 Å². The third kappa shape index (κ3) is 15.8. The van der Waals surface area contributed by atoms with Gasteiger partial charge in [0, 0.05) is 5.56 Å². The minimum absolute atomic E-state index is 0.501. The quantitative estimate of drug-likeness (QED) is 0.250. The molecule has 0 radical (unpaired) electrons. The fraction of sp³-hybridized carbons (Fsp3) is 0.647. The standard InChI is InChI=1S/C16H34.C13H14O.C3H6.C2H6/c1-6-7-8-9-10-11-12-13-14-15(2)16(3,4)5;1-8-5-6-12-10(3)9(2)11(4)14-13(12)7-8;1-3-2;1-2/h15H,6-14H2,1-5H3;5-7H,4H2,1-3H3;3H,1H2,2H3;1-2H3. The van der Waals surface area contributed by atoms with Gasteiger partial charge in [-0.3, -0.25) is 0 Å². The summed E-state index contributed by atoms with van der Waals surface area (Å²) in [5.41, 5.74) is 5.29. The highest BCUT2D eigenvalue weighted by Crippen LogP contribution is 2.37. The van der Waals surface area contributed by atoms with E-state index >= 15 is 0 Å². The lowest BCUT2D eigenvalue weighted by atomic mass is 9.79. The lowest BCUT2D eigenvalue weighted by Crippen LogP contribution is -2.16. The van der Waals surface area contributed by atoms with E-state index in [-0.39, 0.29) is 0 Å². The van der Waals surface area contributed by atoms with Gasteiger partial charge in [0.1, 0.15) is 11.5 Å². The molecule has 1 aliphatic rings. The Bertz CT molecular complexity index is 729. The minimum atomic E-state index is 0.501. The second-order valence-corrected chi connectivity index (χ2v) is 10.7. The van der Waals surface area contributed by atoms with Gasteiger partial charge in [-0.15, -0.1) is 6.58 Å². The molecule has 1 aliphatic heterocycles. The van der Waals surface area contributed by atoms with Crippen LogP contribution in [0.25, 0.3) is 5.57 Å². The van der Waals surface area contributed by atoms with Crippen LogP contribution in [0.1, 0.15) is 138 Å². The maximum atomic E-state index is 5.64. The molecular weight excluding hydrogens is 424 g/mol. The second kappa shape index (κ2) is 20.4. The molecule has 0 aliphatic carbocycles.